The number of rotatable bonds is 5. The van der Waals surface area contributed by atoms with Gasteiger partial charge in [-0.15, -0.1) is 0 Å². The van der Waals surface area contributed by atoms with Crippen LogP contribution in [0.4, 0.5) is 0 Å². The second kappa shape index (κ2) is 6.31. The van der Waals surface area contributed by atoms with Crippen molar-refractivity contribution in [1.29, 1.82) is 0 Å². The van der Waals surface area contributed by atoms with E-state index in [-0.39, 0.29) is 11.4 Å². The van der Waals surface area contributed by atoms with Gasteiger partial charge in [0.2, 0.25) is 0 Å². The molecule has 1 atom stereocenters. The van der Waals surface area contributed by atoms with Crippen LogP contribution < -0.4 is 5.73 Å². The van der Waals surface area contributed by atoms with Gasteiger partial charge in [-0.3, -0.25) is 4.79 Å². The number of para-hydroxylation sites is 1. The third kappa shape index (κ3) is 4.33. The average Bonchev–Trinajstić information content (AvgIpc) is 2.80. The lowest BCUT2D eigenvalue weighted by Crippen LogP contribution is -2.34. The SMILES string of the molecule is CC(C)(C)CCOC(=O)C(N)Cc1c[nH]c2ccccc12. The number of carbonyl (C=O) groups is 1. The molecule has 0 fully saturated rings. The van der Waals surface area contributed by atoms with Crippen molar-refractivity contribution in [3.8, 4) is 0 Å². The van der Waals surface area contributed by atoms with E-state index in [1.54, 1.807) is 0 Å². The third-order valence-corrected chi connectivity index (χ3v) is 3.51. The van der Waals surface area contributed by atoms with Crippen molar-refractivity contribution in [2.45, 2.75) is 39.7 Å². The summed E-state index contributed by atoms with van der Waals surface area (Å²) in [6.45, 7) is 6.77. The number of benzene rings is 1. The Bertz CT molecular complexity index is 611. The third-order valence-electron chi connectivity index (χ3n) is 3.51. The molecule has 4 heteroatoms. The van der Waals surface area contributed by atoms with Crippen LogP contribution in [-0.2, 0) is 16.0 Å². The summed E-state index contributed by atoms with van der Waals surface area (Å²) in [5.74, 6) is -0.329. The molecule has 3 N–H and O–H groups in total. The minimum absolute atomic E-state index is 0.154. The molecule has 1 heterocycles. The van der Waals surface area contributed by atoms with Crippen molar-refractivity contribution in [2.75, 3.05) is 6.61 Å². The van der Waals surface area contributed by atoms with Crippen LogP contribution in [-0.4, -0.2) is 23.6 Å². The first-order valence-corrected chi connectivity index (χ1v) is 7.34. The van der Waals surface area contributed by atoms with E-state index >= 15 is 0 Å². The number of hydrogen-bond acceptors (Lipinski definition) is 3. The van der Waals surface area contributed by atoms with Crippen LogP contribution in [0, 0.1) is 5.41 Å². The molecular weight excluding hydrogens is 264 g/mol. The molecule has 0 saturated heterocycles. The molecule has 0 amide bonds. The molecule has 0 aliphatic heterocycles. The maximum Gasteiger partial charge on any atom is 0.323 e. The van der Waals surface area contributed by atoms with Crippen LogP contribution in [0.3, 0.4) is 0 Å². The van der Waals surface area contributed by atoms with Gasteiger partial charge >= 0.3 is 5.97 Å². The van der Waals surface area contributed by atoms with Crippen LogP contribution in [0.15, 0.2) is 30.5 Å². The molecule has 1 aromatic carbocycles. The molecule has 114 valence electrons. The maximum atomic E-state index is 11.9. The van der Waals surface area contributed by atoms with Crippen LogP contribution in [0.5, 0.6) is 0 Å². The van der Waals surface area contributed by atoms with Gasteiger partial charge in [-0.1, -0.05) is 39.0 Å². The highest BCUT2D eigenvalue weighted by molar-refractivity contribution is 5.84. The highest BCUT2D eigenvalue weighted by Gasteiger charge is 2.18. The van der Waals surface area contributed by atoms with E-state index in [0.29, 0.717) is 13.0 Å². The lowest BCUT2D eigenvalue weighted by atomic mass is 9.93. The Kier molecular flexibility index (Phi) is 4.68. The average molecular weight is 288 g/mol. The van der Waals surface area contributed by atoms with Gasteiger partial charge in [0.25, 0.3) is 0 Å². The number of hydrogen-bond donors (Lipinski definition) is 2. The van der Waals surface area contributed by atoms with Gasteiger partial charge in [-0.25, -0.2) is 0 Å². The van der Waals surface area contributed by atoms with Gasteiger partial charge in [0.1, 0.15) is 6.04 Å². The minimum atomic E-state index is -0.621. The molecule has 1 unspecified atom stereocenters. The van der Waals surface area contributed by atoms with Crippen molar-refractivity contribution in [3.63, 3.8) is 0 Å². The van der Waals surface area contributed by atoms with Gasteiger partial charge in [-0.2, -0.15) is 0 Å². The van der Waals surface area contributed by atoms with E-state index in [4.69, 9.17) is 10.5 Å². The lowest BCUT2D eigenvalue weighted by molar-refractivity contribution is -0.145. The summed E-state index contributed by atoms with van der Waals surface area (Å²) < 4.78 is 5.27. The van der Waals surface area contributed by atoms with Crippen molar-refractivity contribution in [3.05, 3.63) is 36.0 Å². The van der Waals surface area contributed by atoms with Crippen LogP contribution in [0.2, 0.25) is 0 Å². The van der Waals surface area contributed by atoms with E-state index in [9.17, 15) is 4.79 Å². The fourth-order valence-corrected chi connectivity index (χ4v) is 2.19. The Balaban J connectivity index is 1.92. The predicted molar refractivity (Wildman–Crippen MR) is 85.0 cm³/mol. The zero-order valence-corrected chi connectivity index (χ0v) is 13.0. The number of fused-ring (bicyclic) bond motifs is 1. The topological polar surface area (TPSA) is 68.1 Å². The first-order chi connectivity index (χ1) is 9.87. The Morgan fingerprint density at radius 1 is 1.33 bits per heavy atom. The summed E-state index contributed by atoms with van der Waals surface area (Å²) >= 11 is 0. The largest absolute Gasteiger partial charge is 0.465 e. The van der Waals surface area contributed by atoms with Gasteiger partial charge in [0, 0.05) is 23.5 Å². The normalized spacial score (nSPS) is 13.3. The Labute approximate surface area is 125 Å². The number of carbonyl (C=O) groups excluding carboxylic acids is 1. The Morgan fingerprint density at radius 3 is 2.76 bits per heavy atom. The summed E-state index contributed by atoms with van der Waals surface area (Å²) in [4.78, 5) is 15.1. The molecule has 0 aliphatic rings. The van der Waals surface area contributed by atoms with Gasteiger partial charge < -0.3 is 15.5 Å². The van der Waals surface area contributed by atoms with E-state index in [1.807, 2.05) is 30.5 Å². The summed E-state index contributed by atoms with van der Waals surface area (Å²) in [6.07, 6.45) is 3.23. The van der Waals surface area contributed by atoms with Gasteiger partial charge in [-0.05, 0) is 23.5 Å². The smallest absolute Gasteiger partial charge is 0.323 e. The molecule has 2 aromatic rings. The second-order valence-corrected chi connectivity index (χ2v) is 6.65. The quantitative estimate of drug-likeness (QED) is 0.831. The number of aromatic nitrogens is 1. The Hall–Kier alpha value is -1.81. The highest BCUT2D eigenvalue weighted by Crippen LogP contribution is 2.20. The van der Waals surface area contributed by atoms with Crippen molar-refractivity contribution < 1.29 is 9.53 Å². The van der Waals surface area contributed by atoms with Gasteiger partial charge in [0.05, 0.1) is 6.61 Å². The first kappa shape index (κ1) is 15.6. The molecule has 0 bridgehead atoms. The van der Waals surface area contributed by atoms with Crippen molar-refractivity contribution in [2.24, 2.45) is 11.1 Å². The predicted octanol–water partition coefficient (Wildman–Crippen LogP) is 3.02. The number of nitrogens with two attached hydrogens (primary N) is 1. The fraction of sp³-hybridized carbons (Fsp3) is 0.471. The standard InChI is InChI=1S/C17H24N2O2/c1-17(2,3)8-9-21-16(20)14(18)10-12-11-19-15-7-5-4-6-13(12)15/h4-7,11,14,19H,8-10,18H2,1-3H3. The zero-order valence-electron chi connectivity index (χ0n) is 13.0. The Morgan fingerprint density at radius 2 is 2.05 bits per heavy atom. The molecule has 1 aromatic heterocycles. The fourth-order valence-electron chi connectivity index (χ4n) is 2.19. The number of esters is 1. The number of aromatic amines is 1. The molecule has 4 nitrogen and oxygen atoms in total. The first-order valence-electron chi connectivity index (χ1n) is 7.34. The molecular formula is C17H24N2O2. The van der Waals surface area contributed by atoms with E-state index in [1.165, 1.54) is 0 Å². The van der Waals surface area contributed by atoms with Crippen molar-refractivity contribution >= 4 is 16.9 Å². The molecule has 2 rings (SSSR count). The molecule has 0 aliphatic carbocycles. The monoisotopic (exact) mass is 288 g/mol. The zero-order chi connectivity index (χ0) is 15.5. The molecule has 21 heavy (non-hydrogen) atoms. The van der Waals surface area contributed by atoms with Crippen LogP contribution in [0.1, 0.15) is 32.8 Å². The molecule has 0 saturated carbocycles. The second-order valence-electron chi connectivity index (χ2n) is 6.65. The minimum Gasteiger partial charge on any atom is -0.465 e. The molecule has 0 radical (unpaired) electrons. The summed E-state index contributed by atoms with van der Waals surface area (Å²) in [5.41, 5.74) is 8.22. The van der Waals surface area contributed by atoms with E-state index in [0.717, 1.165) is 22.9 Å². The number of H-pyrrole nitrogens is 1. The number of nitrogens with one attached hydrogen (secondary N) is 1. The summed E-state index contributed by atoms with van der Waals surface area (Å²) in [6, 6.07) is 7.37. The van der Waals surface area contributed by atoms with E-state index in [2.05, 4.69) is 25.8 Å². The van der Waals surface area contributed by atoms with Crippen LogP contribution in [0.25, 0.3) is 10.9 Å². The summed E-state index contributed by atoms with van der Waals surface area (Å²) in [7, 11) is 0. The highest BCUT2D eigenvalue weighted by atomic mass is 16.5. The van der Waals surface area contributed by atoms with Crippen LogP contribution >= 0.6 is 0 Å². The number of ether oxygens (including phenoxy) is 1. The lowest BCUT2D eigenvalue weighted by Gasteiger charge is -2.18. The van der Waals surface area contributed by atoms with Crippen molar-refractivity contribution in [1.82, 2.24) is 4.98 Å². The van der Waals surface area contributed by atoms with E-state index < -0.39 is 6.04 Å². The van der Waals surface area contributed by atoms with Gasteiger partial charge in [0.15, 0.2) is 0 Å². The maximum absolute atomic E-state index is 11.9. The molecule has 0 spiro atoms. The summed E-state index contributed by atoms with van der Waals surface area (Å²) in [5, 5.41) is 1.11.